The van der Waals surface area contributed by atoms with Crippen LogP contribution in [0.4, 0.5) is 5.69 Å². The van der Waals surface area contributed by atoms with Crippen LogP contribution in [0, 0.1) is 0 Å². The van der Waals surface area contributed by atoms with E-state index in [4.69, 9.17) is 12.2 Å². The van der Waals surface area contributed by atoms with E-state index in [1.807, 2.05) is 6.07 Å². The Balaban J connectivity index is 2.71. The van der Waals surface area contributed by atoms with Crippen LogP contribution in [0.3, 0.4) is 0 Å². The van der Waals surface area contributed by atoms with Gasteiger partial charge in [-0.1, -0.05) is 39.0 Å². The summed E-state index contributed by atoms with van der Waals surface area (Å²) in [7, 11) is 0. The zero-order valence-electron chi connectivity index (χ0n) is 11.1. The molecule has 0 saturated heterocycles. The lowest BCUT2D eigenvalue weighted by Crippen LogP contribution is -2.35. The first kappa shape index (κ1) is 14.0. The molecule has 0 aliphatic heterocycles. The predicted molar refractivity (Wildman–Crippen MR) is 79.6 cm³/mol. The Morgan fingerprint density at radius 1 is 1.24 bits per heavy atom. The number of anilines is 1. The molecular weight excluding hydrogens is 228 g/mol. The molecule has 17 heavy (non-hydrogen) atoms. The van der Waals surface area contributed by atoms with Crippen molar-refractivity contribution in [2.24, 2.45) is 0 Å². The lowest BCUT2D eigenvalue weighted by Gasteiger charge is -2.18. The minimum Gasteiger partial charge on any atom is -0.360 e. The molecule has 0 aromatic heterocycles. The Kier molecular flexibility index (Phi) is 5.42. The third-order valence-electron chi connectivity index (χ3n) is 2.82. The van der Waals surface area contributed by atoms with Gasteiger partial charge in [0, 0.05) is 11.7 Å². The summed E-state index contributed by atoms with van der Waals surface area (Å²) in [5.74, 6) is 0.491. The predicted octanol–water partition coefficient (Wildman–Crippen LogP) is 3.89. The van der Waals surface area contributed by atoms with E-state index in [1.165, 1.54) is 5.56 Å². The summed E-state index contributed by atoms with van der Waals surface area (Å²) in [4.78, 5) is 0. The van der Waals surface area contributed by atoms with Gasteiger partial charge in [-0.25, -0.2) is 0 Å². The van der Waals surface area contributed by atoms with Crippen LogP contribution in [0.25, 0.3) is 0 Å². The van der Waals surface area contributed by atoms with Gasteiger partial charge in [0.15, 0.2) is 5.11 Å². The average Bonchev–Trinajstić information content (AvgIpc) is 2.29. The van der Waals surface area contributed by atoms with Crippen molar-refractivity contribution in [2.45, 2.75) is 46.1 Å². The third kappa shape index (κ3) is 4.35. The van der Waals surface area contributed by atoms with Crippen LogP contribution >= 0.6 is 12.2 Å². The Hall–Kier alpha value is -1.09. The Morgan fingerprint density at radius 2 is 1.88 bits per heavy atom. The van der Waals surface area contributed by atoms with E-state index in [0.717, 1.165) is 12.1 Å². The van der Waals surface area contributed by atoms with Gasteiger partial charge in [0.05, 0.1) is 0 Å². The van der Waals surface area contributed by atoms with Crippen molar-refractivity contribution in [3.63, 3.8) is 0 Å². The SMILES string of the molecule is CCC(C)NC(=S)Nc1ccccc1C(C)C. The number of para-hydroxylation sites is 1. The molecule has 0 aliphatic rings. The fourth-order valence-corrected chi connectivity index (χ4v) is 1.91. The van der Waals surface area contributed by atoms with Crippen molar-refractivity contribution in [1.29, 1.82) is 0 Å². The molecule has 1 aromatic rings. The molecule has 0 aliphatic carbocycles. The topological polar surface area (TPSA) is 24.1 Å². The largest absolute Gasteiger partial charge is 0.360 e. The molecular formula is C14H22N2S. The molecule has 1 rings (SSSR count). The number of hydrogen-bond donors (Lipinski definition) is 2. The second-order valence-corrected chi connectivity index (χ2v) is 5.06. The lowest BCUT2D eigenvalue weighted by atomic mass is 10.0. The second-order valence-electron chi connectivity index (χ2n) is 4.65. The normalized spacial score (nSPS) is 12.3. The standard InChI is InChI=1S/C14H22N2S/c1-5-11(4)15-14(17)16-13-9-7-6-8-12(13)10(2)3/h6-11H,5H2,1-4H3,(H2,15,16,17). The summed E-state index contributed by atoms with van der Waals surface area (Å²) in [5.41, 5.74) is 2.39. The van der Waals surface area contributed by atoms with Crippen molar-refractivity contribution in [3.05, 3.63) is 29.8 Å². The minimum absolute atomic E-state index is 0.404. The van der Waals surface area contributed by atoms with E-state index in [2.05, 4.69) is 56.5 Å². The van der Waals surface area contributed by atoms with Gasteiger partial charge in [0.25, 0.3) is 0 Å². The van der Waals surface area contributed by atoms with Gasteiger partial charge in [-0.15, -0.1) is 0 Å². The molecule has 2 N–H and O–H groups in total. The summed E-state index contributed by atoms with van der Waals surface area (Å²) >= 11 is 5.30. The van der Waals surface area contributed by atoms with E-state index in [0.29, 0.717) is 17.1 Å². The van der Waals surface area contributed by atoms with E-state index >= 15 is 0 Å². The van der Waals surface area contributed by atoms with Crippen LogP contribution in [0.5, 0.6) is 0 Å². The Bertz CT molecular complexity index is 374. The van der Waals surface area contributed by atoms with Crippen molar-refractivity contribution >= 4 is 23.0 Å². The first-order valence-corrected chi connectivity index (χ1v) is 6.61. The monoisotopic (exact) mass is 250 g/mol. The van der Waals surface area contributed by atoms with Crippen LogP contribution in [-0.4, -0.2) is 11.2 Å². The molecule has 0 saturated carbocycles. The molecule has 1 atom stereocenters. The van der Waals surface area contributed by atoms with Gasteiger partial charge >= 0.3 is 0 Å². The van der Waals surface area contributed by atoms with Crippen molar-refractivity contribution in [2.75, 3.05) is 5.32 Å². The van der Waals surface area contributed by atoms with Gasteiger partial charge in [-0.2, -0.15) is 0 Å². The maximum atomic E-state index is 5.30. The molecule has 0 amide bonds. The van der Waals surface area contributed by atoms with Gasteiger partial charge in [0.2, 0.25) is 0 Å². The maximum absolute atomic E-state index is 5.30. The van der Waals surface area contributed by atoms with Gasteiger partial charge in [0.1, 0.15) is 0 Å². The minimum atomic E-state index is 0.404. The number of thiocarbonyl (C=S) groups is 1. The number of hydrogen-bond acceptors (Lipinski definition) is 1. The highest BCUT2D eigenvalue weighted by molar-refractivity contribution is 7.80. The molecule has 0 heterocycles. The Labute approximate surface area is 110 Å². The molecule has 2 nitrogen and oxygen atoms in total. The van der Waals surface area contributed by atoms with Crippen LogP contribution in [-0.2, 0) is 0 Å². The molecule has 94 valence electrons. The molecule has 3 heteroatoms. The van der Waals surface area contributed by atoms with Crippen LogP contribution in [0.2, 0.25) is 0 Å². The molecule has 0 spiro atoms. The highest BCUT2D eigenvalue weighted by Crippen LogP contribution is 2.23. The van der Waals surface area contributed by atoms with E-state index < -0.39 is 0 Å². The third-order valence-corrected chi connectivity index (χ3v) is 3.04. The average molecular weight is 250 g/mol. The smallest absolute Gasteiger partial charge is 0.170 e. The zero-order valence-corrected chi connectivity index (χ0v) is 11.9. The van der Waals surface area contributed by atoms with Crippen molar-refractivity contribution < 1.29 is 0 Å². The summed E-state index contributed by atoms with van der Waals surface area (Å²) in [5, 5.41) is 7.24. The highest BCUT2D eigenvalue weighted by Gasteiger charge is 2.07. The zero-order chi connectivity index (χ0) is 12.8. The molecule has 0 radical (unpaired) electrons. The summed E-state index contributed by atoms with van der Waals surface area (Å²) in [6, 6.07) is 8.70. The van der Waals surface area contributed by atoms with Gasteiger partial charge < -0.3 is 10.6 Å². The van der Waals surface area contributed by atoms with Crippen LogP contribution in [0.1, 0.15) is 45.6 Å². The van der Waals surface area contributed by atoms with E-state index in [9.17, 15) is 0 Å². The summed E-state index contributed by atoms with van der Waals surface area (Å²) in [6.07, 6.45) is 1.06. The Morgan fingerprint density at radius 3 is 2.47 bits per heavy atom. The van der Waals surface area contributed by atoms with Crippen LogP contribution in [0.15, 0.2) is 24.3 Å². The van der Waals surface area contributed by atoms with Crippen molar-refractivity contribution in [3.8, 4) is 0 Å². The van der Waals surface area contributed by atoms with Gasteiger partial charge in [-0.3, -0.25) is 0 Å². The first-order valence-electron chi connectivity index (χ1n) is 6.21. The highest BCUT2D eigenvalue weighted by atomic mass is 32.1. The molecule has 0 bridgehead atoms. The van der Waals surface area contributed by atoms with E-state index in [1.54, 1.807) is 0 Å². The van der Waals surface area contributed by atoms with Crippen molar-refractivity contribution in [1.82, 2.24) is 5.32 Å². The summed E-state index contributed by atoms with van der Waals surface area (Å²) in [6.45, 7) is 8.64. The number of benzene rings is 1. The molecule has 1 unspecified atom stereocenters. The first-order chi connectivity index (χ1) is 8.04. The summed E-state index contributed by atoms with van der Waals surface area (Å²) < 4.78 is 0. The lowest BCUT2D eigenvalue weighted by molar-refractivity contribution is 0.646. The molecule has 1 aromatic carbocycles. The van der Waals surface area contributed by atoms with Crippen LogP contribution < -0.4 is 10.6 Å². The quantitative estimate of drug-likeness (QED) is 0.793. The fraction of sp³-hybridized carbons (Fsp3) is 0.500. The number of nitrogens with one attached hydrogen (secondary N) is 2. The fourth-order valence-electron chi connectivity index (χ4n) is 1.60. The number of rotatable bonds is 4. The van der Waals surface area contributed by atoms with Gasteiger partial charge in [-0.05, 0) is 43.1 Å². The maximum Gasteiger partial charge on any atom is 0.170 e. The second kappa shape index (κ2) is 6.60. The molecule has 0 fully saturated rings. The van der Waals surface area contributed by atoms with E-state index in [-0.39, 0.29) is 0 Å².